The van der Waals surface area contributed by atoms with Crippen LogP contribution in [0, 0.1) is 0 Å². The van der Waals surface area contributed by atoms with Crippen LogP contribution >= 0.6 is 0 Å². The number of pyridine rings is 1. The summed E-state index contributed by atoms with van der Waals surface area (Å²) in [7, 11) is -3.54. The topological polar surface area (TPSA) is 73.8 Å². The van der Waals surface area contributed by atoms with Gasteiger partial charge in [-0.15, -0.1) is 0 Å². The molecule has 11 heteroatoms. The van der Waals surface area contributed by atoms with Crippen LogP contribution in [0.25, 0.3) is 6.08 Å². The Hall–Kier alpha value is -2.92. The number of carbonyl (C=O) groups excluding carboxylic acids is 1. The molecule has 1 aromatic carbocycles. The Bertz CT molecular complexity index is 1110. The smallest absolute Gasteiger partial charge is 0.353 e. The number of carbonyl (C=O) groups is 1. The van der Waals surface area contributed by atoms with Gasteiger partial charge < -0.3 is 9.80 Å². The van der Waals surface area contributed by atoms with Crippen molar-refractivity contribution >= 4 is 27.8 Å². The second-order valence-electron chi connectivity index (χ2n) is 7.71. The highest BCUT2D eigenvalue weighted by molar-refractivity contribution is 7.89. The van der Waals surface area contributed by atoms with E-state index < -0.39 is 21.8 Å². The van der Waals surface area contributed by atoms with Crippen LogP contribution in [0.4, 0.5) is 19.0 Å². The first kappa shape index (κ1) is 25.7. The third-order valence-corrected chi connectivity index (χ3v) is 7.70. The first-order valence-electron chi connectivity index (χ1n) is 10.9. The number of aromatic nitrogens is 1. The molecule has 1 aliphatic heterocycles. The van der Waals surface area contributed by atoms with Crippen molar-refractivity contribution in [2.45, 2.75) is 24.9 Å². The Morgan fingerprint density at radius 2 is 1.65 bits per heavy atom. The number of sulfonamides is 1. The second-order valence-corrected chi connectivity index (χ2v) is 9.64. The molecule has 2 heterocycles. The first-order valence-corrected chi connectivity index (χ1v) is 12.4. The van der Waals surface area contributed by atoms with Crippen molar-refractivity contribution in [3.05, 3.63) is 59.8 Å². The molecule has 1 aromatic heterocycles. The number of nitrogens with zero attached hydrogens (tertiary/aromatic N) is 4. The summed E-state index contributed by atoms with van der Waals surface area (Å²) in [5.74, 6) is 0.246. The normalized spacial score (nSPS) is 15.4. The number of benzene rings is 1. The van der Waals surface area contributed by atoms with Gasteiger partial charge in [-0.25, -0.2) is 13.4 Å². The van der Waals surface area contributed by atoms with Gasteiger partial charge in [0.25, 0.3) is 0 Å². The average molecular weight is 497 g/mol. The standard InChI is InChI=1S/C23H27F3N4O3S/c1-3-30(4-2)34(32,33)20-9-5-18(6-10-20)7-12-22(31)29-15-13-28(14-16-29)21-11-8-19(17-27-21)23(24,25)26/h5-12,17H,3-4,13-16H2,1-2H3/b12-7+. The van der Waals surface area contributed by atoms with Crippen LogP contribution in [-0.4, -0.2) is 67.8 Å². The lowest BCUT2D eigenvalue weighted by molar-refractivity contribution is -0.137. The molecule has 0 spiro atoms. The molecule has 0 atom stereocenters. The lowest BCUT2D eigenvalue weighted by Gasteiger charge is -2.35. The number of halogens is 3. The van der Waals surface area contributed by atoms with E-state index >= 15 is 0 Å². The Morgan fingerprint density at radius 3 is 2.15 bits per heavy atom. The largest absolute Gasteiger partial charge is 0.417 e. The Morgan fingerprint density at radius 1 is 1.03 bits per heavy atom. The van der Waals surface area contributed by atoms with Gasteiger partial charge in [0.2, 0.25) is 15.9 Å². The van der Waals surface area contributed by atoms with Crippen LogP contribution in [0.1, 0.15) is 25.0 Å². The van der Waals surface area contributed by atoms with Crippen LogP contribution in [0.5, 0.6) is 0 Å². The van der Waals surface area contributed by atoms with Crippen molar-refractivity contribution in [3.8, 4) is 0 Å². The number of hydrogen-bond donors (Lipinski definition) is 0. The molecule has 3 rings (SSSR count). The summed E-state index contributed by atoms with van der Waals surface area (Å²) in [4.78, 5) is 20.1. The van der Waals surface area contributed by atoms with Crippen LogP contribution in [0.3, 0.4) is 0 Å². The summed E-state index contributed by atoms with van der Waals surface area (Å²) in [5, 5.41) is 0. The van der Waals surface area contributed by atoms with E-state index in [0.717, 1.165) is 12.3 Å². The van der Waals surface area contributed by atoms with E-state index in [1.807, 2.05) is 4.90 Å². The second kappa shape index (κ2) is 10.6. The van der Waals surface area contributed by atoms with Crippen LogP contribution in [0.15, 0.2) is 53.6 Å². The maximum absolute atomic E-state index is 12.7. The van der Waals surface area contributed by atoms with E-state index in [1.165, 1.54) is 28.6 Å². The van der Waals surface area contributed by atoms with Gasteiger partial charge in [0.05, 0.1) is 10.5 Å². The molecule has 0 unspecified atom stereocenters. The molecule has 7 nitrogen and oxygen atoms in total. The minimum absolute atomic E-state index is 0.195. The summed E-state index contributed by atoms with van der Waals surface area (Å²) in [5.41, 5.74) is -0.103. The van der Waals surface area contributed by atoms with E-state index in [9.17, 15) is 26.4 Å². The van der Waals surface area contributed by atoms with Crippen molar-refractivity contribution in [2.24, 2.45) is 0 Å². The van der Waals surface area contributed by atoms with Crippen molar-refractivity contribution in [1.29, 1.82) is 0 Å². The predicted octanol–water partition coefficient (Wildman–Crippen LogP) is 3.49. The number of alkyl halides is 3. The molecule has 0 radical (unpaired) electrons. The maximum Gasteiger partial charge on any atom is 0.417 e. The van der Waals surface area contributed by atoms with E-state index in [2.05, 4.69) is 4.98 Å². The molecule has 34 heavy (non-hydrogen) atoms. The predicted molar refractivity (Wildman–Crippen MR) is 124 cm³/mol. The van der Waals surface area contributed by atoms with Gasteiger partial charge in [-0.05, 0) is 35.9 Å². The maximum atomic E-state index is 12.7. The summed E-state index contributed by atoms with van der Waals surface area (Å²) in [6.07, 6.45) is -0.559. The zero-order chi connectivity index (χ0) is 24.9. The van der Waals surface area contributed by atoms with Crippen molar-refractivity contribution in [1.82, 2.24) is 14.2 Å². The molecular weight excluding hydrogens is 469 g/mol. The zero-order valence-corrected chi connectivity index (χ0v) is 19.8. The number of anilines is 1. The highest BCUT2D eigenvalue weighted by Gasteiger charge is 2.31. The van der Waals surface area contributed by atoms with Gasteiger partial charge in [-0.2, -0.15) is 17.5 Å². The monoisotopic (exact) mass is 496 g/mol. The molecule has 0 N–H and O–H groups in total. The van der Waals surface area contributed by atoms with Crippen molar-refractivity contribution < 1.29 is 26.4 Å². The minimum Gasteiger partial charge on any atom is -0.353 e. The molecule has 184 valence electrons. The third kappa shape index (κ3) is 5.95. The Kier molecular flexibility index (Phi) is 7.98. The van der Waals surface area contributed by atoms with E-state index in [1.54, 1.807) is 37.0 Å². The first-order chi connectivity index (χ1) is 16.1. The molecule has 0 saturated carbocycles. The number of amides is 1. The van der Waals surface area contributed by atoms with Gasteiger partial charge in [0.1, 0.15) is 5.82 Å². The number of piperazine rings is 1. The molecule has 1 aliphatic rings. The molecule has 1 saturated heterocycles. The quantitative estimate of drug-likeness (QED) is 0.549. The van der Waals surface area contributed by atoms with Gasteiger partial charge in [-0.1, -0.05) is 26.0 Å². The molecular formula is C23H27F3N4O3S. The van der Waals surface area contributed by atoms with Gasteiger partial charge in [0.15, 0.2) is 0 Å². The SMILES string of the molecule is CCN(CC)S(=O)(=O)c1ccc(/C=C/C(=O)N2CCN(c3ccc(C(F)(F)F)cn3)CC2)cc1. The fourth-order valence-electron chi connectivity index (χ4n) is 3.63. The highest BCUT2D eigenvalue weighted by atomic mass is 32.2. The fraction of sp³-hybridized carbons (Fsp3) is 0.391. The van der Waals surface area contributed by atoms with Crippen LogP contribution in [-0.2, 0) is 21.0 Å². The summed E-state index contributed by atoms with van der Waals surface area (Å²) in [6.45, 7) is 6.06. The van der Waals surface area contributed by atoms with E-state index in [4.69, 9.17) is 0 Å². The van der Waals surface area contributed by atoms with E-state index in [0.29, 0.717) is 50.6 Å². The lowest BCUT2D eigenvalue weighted by atomic mass is 10.2. The van der Waals surface area contributed by atoms with Gasteiger partial charge in [-0.3, -0.25) is 4.79 Å². The zero-order valence-electron chi connectivity index (χ0n) is 19.0. The summed E-state index contributed by atoms with van der Waals surface area (Å²) < 4.78 is 64.6. The van der Waals surface area contributed by atoms with E-state index in [-0.39, 0.29) is 10.8 Å². The molecule has 2 aromatic rings. The van der Waals surface area contributed by atoms with Crippen LogP contribution < -0.4 is 4.90 Å². The minimum atomic E-state index is -4.43. The fourth-order valence-corrected chi connectivity index (χ4v) is 5.09. The molecule has 0 bridgehead atoms. The average Bonchev–Trinajstić information content (AvgIpc) is 2.83. The lowest BCUT2D eigenvalue weighted by Crippen LogP contribution is -2.48. The summed E-state index contributed by atoms with van der Waals surface area (Å²) in [6, 6.07) is 8.68. The number of hydrogen-bond acceptors (Lipinski definition) is 5. The summed E-state index contributed by atoms with van der Waals surface area (Å²) >= 11 is 0. The van der Waals surface area contributed by atoms with Crippen LogP contribution in [0.2, 0.25) is 0 Å². The molecule has 0 aliphatic carbocycles. The van der Waals surface area contributed by atoms with Crippen molar-refractivity contribution in [2.75, 3.05) is 44.2 Å². The number of rotatable bonds is 7. The van der Waals surface area contributed by atoms with Gasteiger partial charge in [0, 0.05) is 51.5 Å². The highest BCUT2D eigenvalue weighted by Crippen LogP contribution is 2.29. The third-order valence-electron chi connectivity index (χ3n) is 5.63. The molecule has 1 fully saturated rings. The van der Waals surface area contributed by atoms with Gasteiger partial charge >= 0.3 is 6.18 Å². The van der Waals surface area contributed by atoms with Crippen molar-refractivity contribution in [3.63, 3.8) is 0 Å². The Labute approximate surface area is 197 Å². The Balaban J connectivity index is 1.56. The molecule has 1 amide bonds.